The van der Waals surface area contributed by atoms with Gasteiger partial charge in [0.25, 0.3) is 0 Å². The second kappa shape index (κ2) is 7.82. The Labute approximate surface area is 146 Å². The second-order valence-corrected chi connectivity index (χ2v) is 7.69. The molecule has 0 aliphatic heterocycles. The molecule has 0 aliphatic carbocycles. The average molecular weight is 419 g/mol. The molecule has 0 amide bonds. The lowest BCUT2D eigenvalue weighted by Crippen LogP contribution is -2.10. The van der Waals surface area contributed by atoms with Crippen LogP contribution in [0.4, 0.5) is 0 Å². The Kier molecular flexibility index (Phi) is 6.35. The lowest BCUT2D eigenvalue weighted by atomic mass is 10.1. The fraction of sp³-hybridized carbons (Fsp3) is 0.588. The van der Waals surface area contributed by atoms with E-state index in [9.17, 15) is 0 Å². The lowest BCUT2D eigenvalue weighted by Gasteiger charge is -2.18. The first-order valence-electron chi connectivity index (χ1n) is 7.86. The molecule has 2 rings (SSSR count). The van der Waals surface area contributed by atoms with E-state index >= 15 is 0 Å². The van der Waals surface area contributed by atoms with Gasteiger partial charge in [-0.1, -0.05) is 32.6 Å². The van der Waals surface area contributed by atoms with Crippen LogP contribution >= 0.6 is 34.2 Å². The topological polar surface area (TPSA) is 17.8 Å². The van der Waals surface area contributed by atoms with Crippen molar-refractivity contribution in [1.29, 1.82) is 0 Å². The van der Waals surface area contributed by atoms with Crippen LogP contribution in [-0.2, 0) is 0 Å². The molecule has 0 fully saturated rings. The van der Waals surface area contributed by atoms with Gasteiger partial charge in [-0.3, -0.25) is 0 Å². The number of fused-ring (bicyclic) bond motifs is 1. The number of imidazole rings is 1. The summed E-state index contributed by atoms with van der Waals surface area (Å²) in [7, 11) is 0. The van der Waals surface area contributed by atoms with E-state index < -0.39 is 0 Å². The Hall–Kier alpha value is -0.290. The van der Waals surface area contributed by atoms with Crippen molar-refractivity contribution in [3.63, 3.8) is 0 Å². The van der Waals surface area contributed by atoms with Gasteiger partial charge in [-0.25, -0.2) is 4.98 Å². The number of benzene rings is 1. The summed E-state index contributed by atoms with van der Waals surface area (Å²) in [6.45, 7) is 6.55. The summed E-state index contributed by atoms with van der Waals surface area (Å²) >= 11 is 8.70. The molecule has 0 saturated carbocycles. The highest BCUT2D eigenvalue weighted by Crippen LogP contribution is 2.30. The number of aromatic nitrogens is 2. The van der Waals surface area contributed by atoms with Gasteiger partial charge >= 0.3 is 0 Å². The maximum absolute atomic E-state index is 6.36. The maximum atomic E-state index is 6.36. The minimum Gasteiger partial charge on any atom is -0.324 e. The van der Waals surface area contributed by atoms with Gasteiger partial charge in [0.05, 0.1) is 16.4 Å². The highest BCUT2D eigenvalue weighted by molar-refractivity contribution is 14.1. The van der Waals surface area contributed by atoms with Crippen LogP contribution in [0.25, 0.3) is 11.0 Å². The van der Waals surface area contributed by atoms with E-state index in [2.05, 4.69) is 59.2 Å². The smallest absolute Gasteiger partial charge is 0.127 e. The van der Waals surface area contributed by atoms with Gasteiger partial charge in [-0.05, 0) is 61.1 Å². The van der Waals surface area contributed by atoms with Gasteiger partial charge in [-0.2, -0.15) is 0 Å². The van der Waals surface area contributed by atoms with E-state index in [1.165, 1.54) is 41.2 Å². The van der Waals surface area contributed by atoms with Crippen molar-refractivity contribution >= 4 is 45.2 Å². The Balaban J connectivity index is 2.29. The van der Waals surface area contributed by atoms with Gasteiger partial charge in [0.15, 0.2) is 0 Å². The lowest BCUT2D eigenvalue weighted by molar-refractivity contribution is 0.468. The van der Waals surface area contributed by atoms with Crippen molar-refractivity contribution in [3.8, 4) is 0 Å². The van der Waals surface area contributed by atoms with Gasteiger partial charge in [0, 0.05) is 9.61 Å². The number of hydrogen-bond acceptors (Lipinski definition) is 1. The third-order valence-electron chi connectivity index (χ3n) is 3.95. The Morgan fingerprint density at radius 1 is 1.24 bits per heavy atom. The molecule has 4 heteroatoms. The zero-order valence-electron chi connectivity index (χ0n) is 13.1. The molecule has 2 atom stereocenters. The molecule has 0 saturated heterocycles. The van der Waals surface area contributed by atoms with Gasteiger partial charge < -0.3 is 4.57 Å². The normalized spacial score (nSPS) is 14.5. The maximum Gasteiger partial charge on any atom is 0.127 e. The number of rotatable bonds is 7. The van der Waals surface area contributed by atoms with Crippen LogP contribution in [-0.4, -0.2) is 9.55 Å². The highest BCUT2D eigenvalue weighted by Gasteiger charge is 2.18. The van der Waals surface area contributed by atoms with Crippen molar-refractivity contribution in [2.24, 2.45) is 0 Å². The Morgan fingerprint density at radius 2 is 2.00 bits per heavy atom. The van der Waals surface area contributed by atoms with E-state index in [0.29, 0.717) is 6.04 Å². The number of alkyl halides is 1. The first-order chi connectivity index (χ1) is 10.0. The highest BCUT2D eigenvalue weighted by atomic mass is 127. The van der Waals surface area contributed by atoms with Crippen LogP contribution in [0.1, 0.15) is 70.1 Å². The molecular weight excluding hydrogens is 395 g/mol. The molecule has 21 heavy (non-hydrogen) atoms. The van der Waals surface area contributed by atoms with Crippen molar-refractivity contribution in [2.45, 2.75) is 64.3 Å². The summed E-state index contributed by atoms with van der Waals surface area (Å²) in [6, 6.07) is 6.91. The SMILES string of the molecule is CCCCCCC(C)n1c(C(C)Cl)nc2cc(I)ccc21. The van der Waals surface area contributed by atoms with Crippen molar-refractivity contribution in [1.82, 2.24) is 9.55 Å². The first-order valence-corrected chi connectivity index (χ1v) is 9.37. The summed E-state index contributed by atoms with van der Waals surface area (Å²) in [5.74, 6) is 0.997. The summed E-state index contributed by atoms with van der Waals surface area (Å²) < 4.78 is 3.56. The zero-order chi connectivity index (χ0) is 15.4. The summed E-state index contributed by atoms with van der Waals surface area (Å²) in [5, 5.41) is -0.0619. The van der Waals surface area contributed by atoms with Gasteiger partial charge in [0.1, 0.15) is 5.82 Å². The molecule has 2 unspecified atom stereocenters. The van der Waals surface area contributed by atoms with Crippen LogP contribution in [0, 0.1) is 3.57 Å². The fourth-order valence-corrected chi connectivity index (χ4v) is 3.46. The first kappa shape index (κ1) is 17.1. The third-order valence-corrected chi connectivity index (χ3v) is 4.82. The van der Waals surface area contributed by atoms with Crippen molar-refractivity contribution < 1.29 is 0 Å². The summed E-state index contributed by atoms with van der Waals surface area (Å²) in [5.41, 5.74) is 2.27. The van der Waals surface area contributed by atoms with Crippen LogP contribution in [0.5, 0.6) is 0 Å². The second-order valence-electron chi connectivity index (χ2n) is 5.79. The predicted octanol–water partition coefficient (Wildman–Crippen LogP) is 6.47. The van der Waals surface area contributed by atoms with Gasteiger partial charge in [0.2, 0.25) is 0 Å². The van der Waals surface area contributed by atoms with E-state index in [0.717, 1.165) is 11.3 Å². The standard InChI is InChI=1S/C17H24ClIN2/c1-4-5-6-7-8-12(2)21-16-10-9-14(19)11-15(16)20-17(21)13(3)18/h9-13H,4-8H2,1-3H3. The Bertz CT molecular complexity index is 592. The number of hydrogen-bond donors (Lipinski definition) is 0. The molecule has 0 spiro atoms. The summed E-state index contributed by atoms with van der Waals surface area (Å²) in [4.78, 5) is 4.76. The van der Waals surface area contributed by atoms with E-state index in [4.69, 9.17) is 16.6 Å². The molecule has 0 radical (unpaired) electrons. The molecule has 0 N–H and O–H groups in total. The van der Waals surface area contributed by atoms with Gasteiger partial charge in [-0.15, -0.1) is 11.6 Å². The van der Waals surface area contributed by atoms with Crippen LogP contribution in [0.15, 0.2) is 18.2 Å². The largest absolute Gasteiger partial charge is 0.324 e. The van der Waals surface area contributed by atoms with Crippen molar-refractivity contribution in [3.05, 3.63) is 27.6 Å². The van der Waals surface area contributed by atoms with Crippen LogP contribution in [0.3, 0.4) is 0 Å². The molecule has 0 aliphatic rings. The predicted molar refractivity (Wildman–Crippen MR) is 100 cm³/mol. The molecule has 2 aromatic rings. The fourth-order valence-electron chi connectivity index (χ4n) is 2.83. The zero-order valence-corrected chi connectivity index (χ0v) is 16.0. The minimum atomic E-state index is -0.0619. The van der Waals surface area contributed by atoms with Crippen molar-refractivity contribution in [2.75, 3.05) is 0 Å². The van der Waals surface area contributed by atoms with Crippen LogP contribution < -0.4 is 0 Å². The molecule has 116 valence electrons. The molecule has 1 aromatic carbocycles. The van der Waals surface area contributed by atoms with Crippen LogP contribution in [0.2, 0.25) is 0 Å². The third kappa shape index (κ3) is 4.13. The monoisotopic (exact) mass is 418 g/mol. The minimum absolute atomic E-state index is 0.0619. The van der Waals surface area contributed by atoms with E-state index in [-0.39, 0.29) is 5.38 Å². The number of halogens is 2. The van der Waals surface area contributed by atoms with E-state index in [1.807, 2.05) is 6.92 Å². The average Bonchev–Trinajstić information content (AvgIpc) is 2.82. The molecular formula is C17H24ClIN2. The molecule has 1 heterocycles. The quantitative estimate of drug-likeness (QED) is 0.286. The Morgan fingerprint density at radius 3 is 2.67 bits per heavy atom. The molecule has 2 nitrogen and oxygen atoms in total. The molecule has 1 aromatic heterocycles. The number of nitrogens with zero attached hydrogens (tertiary/aromatic N) is 2. The summed E-state index contributed by atoms with van der Waals surface area (Å²) in [6.07, 6.45) is 6.39. The van der Waals surface area contributed by atoms with E-state index in [1.54, 1.807) is 0 Å². The number of unbranched alkanes of at least 4 members (excludes halogenated alkanes) is 3. The molecule has 0 bridgehead atoms.